The van der Waals surface area contributed by atoms with Crippen LogP contribution < -0.4 is 5.48 Å². The Labute approximate surface area is 178 Å². The second-order valence-electron chi connectivity index (χ2n) is 6.70. The molecule has 0 radical (unpaired) electrons. The Balaban J connectivity index is 1.91. The number of hydroxylamine groups is 1. The summed E-state index contributed by atoms with van der Waals surface area (Å²) in [4.78, 5) is 12.8. The SMILES string of the molecule is CS(=O)(=O)N1CCN(S(=O)(=O)c2ccc(-c3ccc(CO)cc3)s2)[C@@H](C(=O)NO)C1. The number of hydrogen-bond acceptors (Lipinski definition) is 8. The van der Waals surface area contributed by atoms with Crippen LogP contribution in [-0.2, 0) is 31.4 Å². The van der Waals surface area contributed by atoms with E-state index in [1.54, 1.807) is 30.3 Å². The number of sulfonamides is 2. The molecule has 1 atom stereocenters. The lowest BCUT2D eigenvalue weighted by Crippen LogP contribution is -2.60. The van der Waals surface area contributed by atoms with E-state index in [1.165, 1.54) is 11.5 Å². The number of piperazine rings is 1. The van der Waals surface area contributed by atoms with Crippen LogP contribution in [0.2, 0.25) is 0 Å². The smallest absolute Gasteiger partial charge is 0.263 e. The first kappa shape index (κ1) is 22.8. The van der Waals surface area contributed by atoms with Crippen molar-refractivity contribution >= 4 is 37.3 Å². The fraction of sp³-hybridized carbons (Fsp3) is 0.353. The normalized spacial score (nSPS) is 19.0. The Morgan fingerprint density at radius 2 is 1.80 bits per heavy atom. The van der Waals surface area contributed by atoms with Gasteiger partial charge in [0, 0.05) is 24.5 Å². The zero-order valence-corrected chi connectivity index (χ0v) is 18.4. The van der Waals surface area contributed by atoms with E-state index in [1.807, 2.05) is 0 Å². The van der Waals surface area contributed by atoms with Crippen LogP contribution in [-0.4, -0.2) is 73.6 Å². The molecule has 0 bridgehead atoms. The molecule has 1 aromatic heterocycles. The highest BCUT2D eigenvalue weighted by Gasteiger charge is 2.42. The van der Waals surface area contributed by atoms with Crippen molar-refractivity contribution < 1.29 is 31.9 Å². The van der Waals surface area contributed by atoms with Crippen LogP contribution in [0.5, 0.6) is 0 Å². The van der Waals surface area contributed by atoms with Gasteiger partial charge in [-0.25, -0.2) is 22.3 Å². The Morgan fingerprint density at radius 1 is 1.13 bits per heavy atom. The molecule has 30 heavy (non-hydrogen) atoms. The summed E-state index contributed by atoms with van der Waals surface area (Å²) in [6.07, 6.45) is 0.971. The zero-order chi connectivity index (χ0) is 22.1. The molecule has 2 aromatic rings. The lowest BCUT2D eigenvalue weighted by Gasteiger charge is -2.37. The second kappa shape index (κ2) is 8.70. The predicted octanol–water partition coefficient (Wildman–Crippen LogP) is 0.0473. The van der Waals surface area contributed by atoms with Crippen LogP contribution in [0.3, 0.4) is 0 Å². The first-order valence-electron chi connectivity index (χ1n) is 8.79. The Morgan fingerprint density at radius 3 is 2.37 bits per heavy atom. The van der Waals surface area contributed by atoms with E-state index in [4.69, 9.17) is 10.3 Å². The van der Waals surface area contributed by atoms with Crippen LogP contribution in [0.25, 0.3) is 10.4 Å². The summed E-state index contributed by atoms with van der Waals surface area (Å²) in [5, 5.41) is 18.2. The van der Waals surface area contributed by atoms with Crippen LogP contribution in [0.4, 0.5) is 0 Å². The van der Waals surface area contributed by atoms with Crippen molar-refractivity contribution in [2.45, 2.75) is 16.9 Å². The highest BCUT2D eigenvalue weighted by Crippen LogP contribution is 2.33. The fourth-order valence-corrected chi connectivity index (χ4v) is 6.96. The molecule has 1 aliphatic heterocycles. The lowest BCUT2D eigenvalue weighted by molar-refractivity contribution is -0.134. The van der Waals surface area contributed by atoms with Gasteiger partial charge in [0.15, 0.2) is 0 Å². The maximum absolute atomic E-state index is 13.2. The van der Waals surface area contributed by atoms with Crippen molar-refractivity contribution in [1.29, 1.82) is 0 Å². The molecule has 3 N–H and O–H groups in total. The first-order valence-corrected chi connectivity index (χ1v) is 12.9. The third-order valence-corrected chi connectivity index (χ3v) is 9.52. The molecule has 1 amide bonds. The van der Waals surface area contributed by atoms with Gasteiger partial charge < -0.3 is 5.11 Å². The Kier molecular flexibility index (Phi) is 6.62. The summed E-state index contributed by atoms with van der Waals surface area (Å²) in [7, 11) is -7.75. The highest BCUT2D eigenvalue weighted by atomic mass is 32.2. The number of thiophene rings is 1. The summed E-state index contributed by atoms with van der Waals surface area (Å²) < 4.78 is 51.9. The summed E-state index contributed by atoms with van der Waals surface area (Å²) in [6, 6.07) is 8.65. The van der Waals surface area contributed by atoms with Crippen LogP contribution >= 0.6 is 11.3 Å². The zero-order valence-electron chi connectivity index (χ0n) is 15.9. The van der Waals surface area contributed by atoms with Crippen molar-refractivity contribution in [3.05, 3.63) is 42.0 Å². The third-order valence-electron chi connectivity index (χ3n) is 4.74. The molecule has 1 saturated heterocycles. The van der Waals surface area contributed by atoms with E-state index in [0.29, 0.717) is 4.88 Å². The van der Waals surface area contributed by atoms with Crippen molar-refractivity contribution in [1.82, 2.24) is 14.1 Å². The van der Waals surface area contributed by atoms with E-state index in [0.717, 1.165) is 37.3 Å². The fourth-order valence-electron chi connectivity index (χ4n) is 3.12. The van der Waals surface area contributed by atoms with Gasteiger partial charge in [-0.2, -0.15) is 8.61 Å². The molecular weight excluding hydrogens is 454 g/mol. The lowest BCUT2D eigenvalue weighted by atomic mass is 10.1. The molecular formula is C17H21N3O7S3. The predicted molar refractivity (Wildman–Crippen MR) is 110 cm³/mol. The maximum Gasteiger partial charge on any atom is 0.263 e. The van der Waals surface area contributed by atoms with Crippen molar-refractivity contribution in [2.24, 2.45) is 0 Å². The molecule has 0 spiro atoms. The van der Waals surface area contributed by atoms with E-state index in [9.17, 15) is 21.6 Å². The van der Waals surface area contributed by atoms with Crippen molar-refractivity contribution in [3.63, 3.8) is 0 Å². The summed E-state index contributed by atoms with van der Waals surface area (Å²) in [5.74, 6) is -1.01. The number of nitrogens with one attached hydrogen (secondary N) is 1. The summed E-state index contributed by atoms with van der Waals surface area (Å²) >= 11 is 1.01. The molecule has 13 heteroatoms. The van der Waals surface area contributed by atoms with Crippen LogP contribution in [0.15, 0.2) is 40.6 Å². The largest absolute Gasteiger partial charge is 0.392 e. The van der Waals surface area contributed by atoms with Crippen molar-refractivity contribution in [2.75, 3.05) is 25.9 Å². The minimum atomic E-state index is -4.12. The molecule has 10 nitrogen and oxygen atoms in total. The van der Waals surface area contributed by atoms with Gasteiger partial charge in [-0.1, -0.05) is 24.3 Å². The first-order chi connectivity index (χ1) is 14.1. The summed E-state index contributed by atoms with van der Waals surface area (Å²) in [6.45, 7) is -0.830. The number of benzene rings is 1. The molecule has 3 rings (SSSR count). The van der Waals surface area contributed by atoms with Gasteiger partial charge in [0.2, 0.25) is 10.0 Å². The van der Waals surface area contributed by atoms with Crippen molar-refractivity contribution in [3.8, 4) is 10.4 Å². The quantitative estimate of drug-likeness (QED) is 0.395. The Hall–Kier alpha value is -1.87. The number of hydrogen-bond donors (Lipinski definition) is 3. The van der Waals surface area contributed by atoms with Crippen LogP contribution in [0.1, 0.15) is 5.56 Å². The molecule has 0 unspecified atom stereocenters. The average molecular weight is 476 g/mol. The standard InChI is InChI=1S/C17H21N3O7S3/c1-29(24,25)19-8-9-20(14(10-19)17(22)18-23)30(26,27)16-7-6-15(28-16)13-4-2-12(11-21)3-5-13/h2-7,14,21,23H,8-11H2,1H3,(H,18,22)/t14-/m1/s1. The minimum Gasteiger partial charge on any atom is -0.392 e. The molecule has 2 heterocycles. The number of carbonyl (C=O) groups is 1. The average Bonchev–Trinajstić information content (AvgIpc) is 3.23. The van der Waals surface area contributed by atoms with Gasteiger partial charge in [-0.15, -0.1) is 11.3 Å². The molecule has 0 saturated carbocycles. The number of nitrogens with zero attached hydrogens (tertiary/aromatic N) is 2. The number of aliphatic hydroxyl groups is 1. The molecule has 1 fully saturated rings. The van der Waals surface area contributed by atoms with E-state index in [2.05, 4.69) is 0 Å². The molecule has 164 valence electrons. The van der Waals surface area contributed by atoms with E-state index < -0.39 is 38.5 Å². The minimum absolute atomic E-state index is 0.00715. The number of aliphatic hydroxyl groups excluding tert-OH is 1. The Bertz CT molecular complexity index is 1130. The molecule has 0 aliphatic carbocycles. The van der Waals surface area contributed by atoms with E-state index >= 15 is 0 Å². The van der Waals surface area contributed by atoms with Gasteiger partial charge >= 0.3 is 0 Å². The highest BCUT2D eigenvalue weighted by molar-refractivity contribution is 7.91. The molecule has 1 aromatic carbocycles. The topological polar surface area (TPSA) is 144 Å². The van der Waals surface area contributed by atoms with E-state index in [-0.39, 0.29) is 23.9 Å². The van der Waals surface area contributed by atoms with Gasteiger partial charge in [-0.3, -0.25) is 10.0 Å². The second-order valence-corrected chi connectivity index (χ2v) is 11.9. The van der Waals surface area contributed by atoms with Gasteiger partial charge in [0.25, 0.3) is 15.9 Å². The maximum atomic E-state index is 13.2. The third kappa shape index (κ3) is 4.56. The van der Waals surface area contributed by atoms with Gasteiger partial charge in [0.1, 0.15) is 10.3 Å². The summed E-state index contributed by atoms with van der Waals surface area (Å²) in [5.41, 5.74) is 2.91. The monoisotopic (exact) mass is 475 g/mol. The number of rotatable bonds is 6. The van der Waals surface area contributed by atoms with Crippen LogP contribution in [0, 0.1) is 0 Å². The van der Waals surface area contributed by atoms with Gasteiger partial charge in [-0.05, 0) is 23.3 Å². The molecule has 1 aliphatic rings. The number of amides is 1. The number of carbonyl (C=O) groups excluding carboxylic acids is 1. The van der Waals surface area contributed by atoms with Gasteiger partial charge in [0.05, 0.1) is 12.9 Å².